The molecule has 0 radical (unpaired) electrons. The summed E-state index contributed by atoms with van der Waals surface area (Å²) in [5.74, 6) is 1.03. The molecule has 5 nitrogen and oxygen atoms in total. The van der Waals surface area contributed by atoms with Crippen LogP contribution in [0.3, 0.4) is 0 Å². The number of ether oxygens (including phenoxy) is 3. The summed E-state index contributed by atoms with van der Waals surface area (Å²) in [4.78, 5) is 25.0. The first kappa shape index (κ1) is 23.8. The van der Waals surface area contributed by atoms with Gasteiger partial charge in [0.25, 0.3) is 0 Å². The van der Waals surface area contributed by atoms with Crippen LogP contribution in [-0.4, -0.2) is 26.0 Å². The third kappa shape index (κ3) is 6.10. The minimum atomic E-state index is -0.443. The van der Waals surface area contributed by atoms with Crippen LogP contribution in [0.15, 0.2) is 72.8 Å². The molecule has 0 aliphatic rings. The number of methoxy groups -OCH3 is 2. The lowest BCUT2D eigenvalue weighted by Gasteiger charge is -2.18. The quantitative estimate of drug-likeness (QED) is 0.190. The van der Waals surface area contributed by atoms with Gasteiger partial charge < -0.3 is 14.2 Å². The van der Waals surface area contributed by atoms with Crippen LogP contribution in [0.25, 0.3) is 6.08 Å². The molecular formula is C28H28O5. The molecule has 3 rings (SSSR count). The highest BCUT2D eigenvalue weighted by Gasteiger charge is 2.15. The second-order valence-electron chi connectivity index (χ2n) is 8.55. The number of hydrogen-bond acceptors (Lipinski definition) is 5. The van der Waals surface area contributed by atoms with E-state index >= 15 is 0 Å². The van der Waals surface area contributed by atoms with Crippen molar-refractivity contribution in [2.45, 2.75) is 26.2 Å². The molecule has 0 amide bonds. The van der Waals surface area contributed by atoms with Crippen molar-refractivity contribution in [2.24, 2.45) is 0 Å². The Morgan fingerprint density at radius 1 is 0.758 bits per heavy atom. The zero-order valence-electron chi connectivity index (χ0n) is 19.5. The van der Waals surface area contributed by atoms with Crippen LogP contribution in [0.2, 0.25) is 0 Å². The summed E-state index contributed by atoms with van der Waals surface area (Å²) in [6.45, 7) is 6.35. The van der Waals surface area contributed by atoms with Gasteiger partial charge in [-0.1, -0.05) is 32.9 Å². The molecular weight excluding hydrogens is 416 g/mol. The molecule has 0 bridgehead atoms. The molecule has 33 heavy (non-hydrogen) atoms. The molecule has 0 saturated carbocycles. The lowest BCUT2D eigenvalue weighted by molar-refractivity contribution is 0.0734. The summed E-state index contributed by atoms with van der Waals surface area (Å²) in [5.41, 5.74) is 2.86. The molecule has 3 aromatic rings. The molecule has 0 unspecified atom stereocenters. The molecule has 0 heterocycles. The van der Waals surface area contributed by atoms with Gasteiger partial charge in [-0.2, -0.15) is 0 Å². The van der Waals surface area contributed by atoms with Gasteiger partial charge >= 0.3 is 5.97 Å². The molecule has 0 atom stereocenters. The van der Waals surface area contributed by atoms with Gasteiger partial charge in [-0.25, -0.2) is 4.79 Å². The summed E-state index contributed by atoms with van der Waals surface area (Å²) in [7, 11) is 3.14. The number of allylic oxidation sites excluding steroid dienone is 1. The normalized spacial score (nSPS) is 11.3. The fraction of sp³-hybridized carbons (Fsp3) is 0.214. The van der Waals surface area contributed by atoms with Crippen LogP contribution >= 0.6 is 0 Å². The van der Waals surface area contributed by atoms with Gasteiger partial charge in [-0.15, -0.1) is 0 Å². The Hall–Kier alpha value is -3.86. The first-order chi connectivity index (χ1) is 15.7. The minimum absolute atomic E-state index is 0.0117. The van der Waals surface area contributed by atoms with Crippen molar-refractivity contribution < 1.29 is 23.8 Å². The Balaban J connectivity index is 1.65. The fourth-order valence-corrected chi connectivity index (χ4v) is 3.18. The molecule has 0 aliphatic carbocycles. The van der Waals surface area contributed by atoms with Gasteiger partial charge in [0, 0.05) is 17.2 Å². The summed E-state index contributed by atoms with van der Waals surface area (Å²) in [6, 6.07) is 19.2. The maximum atomic E-state index is 12.5. The highest BCUT2D eigenvalue weighted by Crippen LogP contribution is 2.26. The largest absolute Gasteiger partial charge is 0.497 e. The number of carbonyl (C=O) groups excluding carboxylic acids is 2. The van der Waals surface area contributed by atoms with E-state index in [9.17, 15) is 9.59 Å². The Morgan fingerprint density at radius 3 is 1.94 bits per heavy atom. The zero-order chi connectivity index (χ0) is 24.0. The van der Waals surface area contributed by atoms with E-state index < -0.39 is 5.97 Å². The second kappa shape index (κ2) is 10.2. The molecule has 0 aromatic heterocycles. The number of benzene rings is 3. The highest BCUT2D eigenvalue weighted by molar-refractivity contribution is 6.07. The van der Waals surface area contributed by atoms with E-state index in [-0.39, 0.29) is 11.2 Å². The van der Waals surface area contributed by atoms with Crippen molar-refractivity contribution >= 4 is 17.8 Å². The first-order valence-corrected chi connectivity index (χ1v) is 10.6. The van der Waals surface area contributed by atoms with E-state index in [4.69, 9.17) is 14.2 Å². The smallest absolute Gasteiger partial charge is 0.343 e. The number of rotatable bonds is 7. The Kier molecular flexibility index (Phi) is 7.34. The van der Waals surface area contributed by atoms with Gasteiger partial charge in [0.15, 0.2) is 5.78 Å². The Morgan fingerprint density at radius 2 is 1.36 bits per heavy atom. The van der Waals surface area contributed by atoms with Crippen LogP contribution in [0.4, 0.5) is 0 Å². The molecule has 3 aromatic carbocycles. The van der Waals surface area contributed by atoms with Crippen LogP contribution in [0, 0.1) is 0 Å². The second-order valence-corrected chi connectivity index (χ2v) is 8.55. The summed E-state index contributed by atoms with van der Waals surface area (Å²) in [5, 5.41) is 0. The van der Waals surface area contributed by atoms with Gasteiger partial charge in [0.2, 0.25) is 0 Å². The van der Waals surface area contributed by atoms with Crippen molar-refractivity contribution in [2.75, 3.05) is 14.2 Å². The Bertz CT molecular complexity index is 1150. The number of ketones is 1. The molecule has 0 N–H and O–H groups in total. The number of carbonyl (C=O) groups is 2. The molecule has 170 valence electrons. The van der Waals surface area contributed by atoms with Crippen LogP contribution in [0.1, 0.15) is 52.6 Å². The third-order valence-corrected chi connectivity index (χ3v) is 5.19. The van der Waals surface area contributed by atoms with Crippen molar-refractivity contribution in [3.63, 3.8) is 0 Å². The predicted octanol–water partition coefficient (Wildman–Crippen LogP) is 6.12. The maximum absolute atomic E-state index is 12.5. The van der Waals surface area contributed by atoms with Crippen molar-refractivity contribution in [1.29, 1.82) is 0 Å². The zero-order valence-corrected chi connectivity index (χ0v) is 19.5. The SMILES string of the molecule is COc1ccc(/C=C/C(=O)c2ccc(OC(=O)c3ccc(C(C)(C)C)cc3)cc2)c(OC)c1. The van der Waals surface area contributed by atoms with Crippen LogP contribution in [0.5, 0.6) is 17.2 Å². The lowest BCUT2D eigenvalue weighted by atomic mass is 9.87. The summed E-state index contributed by atoms with van der Waals surface area (Å²) in [6.07, 6.45) is 3.16. The lowest BCUT2D eigenvalue weighted by Crippen LogP contribution is -2.13. The standard InChI is InChI=1S/C28H28O5/c1-28(2,3)22-12-6-21(7-13-22)27(30)33-23-14-8-19(9-15-23)25(29)17-11-20-10-16-24(31-4)18-26(20)32-5/h6-18H,1-5H3/b17-11+. The summed E-state index contributed by atoms with van der Waals surface area (Å²) < 4.78 is 16.0. The van der Waals surface area contributed by atoms with Gasteiger partial charge in [0.05, 0.1) is 19.8 Å². The van der Waals surface area contributed by atoms with E-state index in [0.717, 1.165) is 11.1 Å². The Labute approximate surface area is 194 Å². The van der Waals surface area contributed by atoms with Crippen LogP contribution in [-0.2, 0) is 5.41 Å². The average Bonchev–Trinajstić information content (AvgIpc) is 2.82. The van der Waals surface area contributed by atoms with E-state index in [1.165, 1.54) is 6.08 Å². The van der Waals surface area contributed by atoms with Gasteiger partial charge in [0.1, 0.15) is 17.2 Å². The summed E-state index contributed by atoms with van der Waals surface area (Å²) >= 11 is 0. The third-order valence-electron chi connectivity index (χ3n) is 5.19. The van der Waals surface area contributed by atoms with Gasteiger partial charge in [-0.05, 0) is 71.7 Å². The predicted molar refractivity (Wildman–Crippen MR) is 129 cm³/mol. The number of hydrogen-bond donors (Lipinski definition) is 0. The molecule has 0 aliphatic heterocycles. The molecule has 0 spiro atoms. The van der Waals surface area contributed by atoms with Crippen molar-refractivity contribution in [1.82, 2.24) is 0 Å². The van der Waals surface area contributed by atoms with Gasteiger partial charge in [-0.3, -0.25) is 4.79 Å². The van der Waals surface area contributed by atoms with Crippen molar-refractivity contribution in [3.05, 3.63) is 95.1 Å². The van der Waals surface area contributed by atoms with E-state index in [2.05, 4.69) is 20.8 Å². The average molecular weight is 445 g/mol. The van der Waals surface area contributed by atoms with Crippen molar-refractivity contribution in [3.8, 4) is 17.2 Å². The highest BCUT2D eigenvalue weighted by atomic mass is 16.5. The topological polar surface area (TPSA) is 61.8 Å². The monoisotopic (exact) mass is 444 g/mol. The molecule has 0 saturated heterocycles. The van der Waals surface area contributed by atoms with E-state index in [0.29, 0.717) is 28.4 Å². The first-order valence-electron chi connectivity index (χ1n) is 10.6. The van der Waals surface area contributed by atoms with E-state index in [1.54, 1.807) is 68.8 Å². The minimum Gasteiger partial charge on any atom is -0.497 e. The fourth-order valence-electron chi connectivity index (χ4n) is 3.18. The van der Waals surface area contributed by atoms with Crippen LogP contribution < -0.4 is 14.2 Å². The maximum Gasteiger partial charge on any atom is 0.343 e. The molecule has 0 fully saturated rings. The molecule has 5 heteroatoms. The number of esters is 1. The van der Waals surface area contributed by atoms with E-state index in [1.807, 2.05) is 18.2 Å².